The maximum atomic E-state index is 13.1. The summed E-state index contributed by atoms with van der Waals surface area (Å²) < 4.78 is 6.82. The predicted molar refractivity (Wildman–Crippen MR) is 128 cm³/mol. The van der Waals surface area contributed by atoms with Crippen LogP contribution in [-0.4, -0.2) is 48.6 Å². The normalized spacial score (nSPS) is 10.8. The Kier molecular flexibility index (Phi) is 9.08. The SMILES string of the molecule is CCN(CC)CCN(C(=O)COc1ccccc1)c1nc2c(C)c(C)ccc2s1.Cl. The highest BCUT2D eigenvalue weighted by molar-refractivity contribution is 7.22. The monoisotopic (exact) mass is 447 g/mol. The van der Waals surface area contributed by atoms with Crippen molar-refractivity contribution >= 4 is 45.0 Å². The number of likely N-dealkylation sites (N-methyl/N-ethyl adjacent to an activating group) is 1. The van der Waals surface area contributed by atoms with Crippen molar-refractivity contribution in [3.05, 3.63) is 53.6 Å². The molecule has 0 saturated heterocycles. The molecule has 0 spiro atoms. The number of benzene rings is 2. The van der Waals surface area contributed by atoms with E-state index in [2.05, 4.69) is 44.7 Å². The number of carbonyl (C=O) groups is 1. The first-order valence-electron chi connectivity index (χ1n) is 10.1. The van der Waals surface area contributed by atoms with Gasteiger partial charge in [0.1, 0.15) is 5.75 Å². The third kappa shape index (κ3) is 5.72. The van der Waals surface area contributed by atoms with Gasteiger partial charge in [-0.25, -0.2) is 4.98 Å². The fourth-order valence-corrected chi connectivity index (χ4v) is 4.25. The molecule has 1 amide bonds. The Balaban J connectivity index is 0.00000320. The molecular formula is C23H30ClN3O2S. The molecule has 162 valence electrons. The van der Waals surface area contributed by atoms with Crippen LogP contribution >= 0.6 is 23.7 Å². The molecule has 30 heavy (non-hydrogen) atoms. The molecule has 0 aliphatic heterocycles. The molecular weight excluding hydrogens is 418 g/mol. The fraction of sp³-hybridized carbons (Fsp3) is 0.391. The number of fused-ring (bicyclic) bond motifs is 1. The zero-order chi connectivity index (χ0) is 20.8. The highest BCUT2D eigenvalue weighted by Gasteiger charge is 2.21. The predicted octanol–water partition coefficient (Wildman–Crippen LogP) is 5.09. The molecule has 0 N–H and O–H groups in total. The number of aryl methyl sites for hydroxylation is 2. The zero-order valence-corrected chi connectivity index (χ0v) is 19.7. The maximum Gasteiger partial charge on any atom is 0.266 e. The number of nitrogens with zero attached hydrogens (tertiary/aromatic N) is 3. The Bertz CT molecular complexity index is 958. The first kappa shape index (κ1) is 24.1. The van der Waals surface area contributed by atoms with Gasteiger partial charge in [0, 0.05) is 13.1 Å². The Hall–Kier alpha value is -2.15. The van der Waals surface area contributed by atoms with E-state index in [1.807, 2.05) is 30.3 Å². The van der Waals surface area contributed by atoms with Gasteiger partial charge in [-0.05, 0) is 56.3 Å². The number of aromatic nitrogens is 1. The van der Waals surface area contributed by atoms with Crippen molar-refractivity contribution in [2.75, 3.05) is 37.7 Å². The molecule has 0 saturated carbocycles. The largest absolute Gasteiger partial charge is 0.484 e. The van der Waals surface area contributed by atoms with Crippen molar-refractivity contribution in [3.63, 3.8) is 0 Å². The first-order chi connectivity index (χ1) is 14.0. The molecule has 7 heteroatoms. The lowest BCUT2D eigenvalue weighted by Crippen LogP contribution is -2.41. The molecule has 0 bridgehead atoms. The number of rotatable bonds is 9. The number of thiazole rings is 1. The summed E-state index contributed by atoms with van der Waals surface area (Å²) >= 11 is 1.57. The molecule has 0 atom stereocenters. The average molecular weight is 448 g/mol. The lowest BCUT2D eigenvalue weighted by Gasteiger charge is -2.24. The van der Waals surface area contributed by atoms with E-state index in [1.54, 1.807) is 16.2 Å². The lowest BCUT2D eigenvalue weighted by atomic mass is 10.1. The van der Waals surface area contributed by atoms with Gasteiger partial charge in [-0.2, -0.15) is 0 Å². The molecule has 0 aliphatic rings. The highest BCUT2D eigenvalue weighted by atomic mass is 35.5. The van der Waals surface area contributed by atoms with Gasteiger partial charge in [-0.3, -0.25) is 9.69 Å². The van der Waals surface area contributed by atoms with Crippen LogP contribution in [-0.2, 0) is 4.79 Å². The number of hydrogen-bond acceptors (Lipinski definition) is 5. The van der Waals surface area contributed by atoms with Crippen LogP contribution in [0.2, 0.25) is 0 Å². The van der Waals surface area contributed by atoms with Gasteiger partial charge < -0.3 is 9.64 Å². The molecule has 1 aromatic heterocycles. The van der Waals surface area contributed by atoms with Gasteiger partial charge in [-0.15, -0.1) is 12.4 Å². The summed E-state index contributed by atoms with van der Waals surface area (Å²) in [5, 5.41) is 0.738. The molecule has 5 nitrogen and oxygen atoms in total. The topological polar surface area (TPSA) is 45.7 Å². The van der Waals surface area contributed by atoms with Crippen LogP contribution in [0.5, 0.6) is 5.75 Å². The summed E-state index contributed by atoms with van der Waals surface area (Å²) in [4.78, 5) is 22.0. The van der Waals surface area contributed by atoms with E-state index in [-0.39, 0.29) is 24.9 Å². The number of hydrogen-bond donors (Lipinski definition) is 0. The van der Waals surface area contributed by atoms with E-state index in [9.17, 15) is 4.79 Å². The van der Waals surface area contributed by atoms with Crippen molar-refractivity contribution in [2.45, 2.75) is 27.7 Å². The van der Waals surface area contributed by atoms with Crippen LogP contribution in [0.15, 0.2) is 42.5 Å². The van der Waals surface area contributed by atoms with Crippen molar-refractivity contribution < 1.29 is 9.53 Å². The number of amides is 1. The Morgan fingerprint density at radius 1 is 1.03 bits per heavy atom. The van der Waals surface area contributed by atoms with Crippen LogP contribution in [0.1, 0.15) is 25.0 Å². The zero-order valence-electron chi connectivity index (χ0n) is 18.1. The summed E-state index contributed by atoms with van der Waals surface area (Å²) in [5.74, 6) is 0.620. The van der Waals surface area contributed by atoms with Gasteiger partial charge >= 0.3 is 0 Å². The van der Waals surface area contributed by atoms with E-state index < -0.39 is 0 Å². The van der Waals surface area contributed by atoms with E-state index in [0.717, 1.165) is 35.0 Å². The Morgan fingerprint density at radius 2 is 1.73 bits per heavy atom. The number of ether oxygens (including phenoxy) is 1. The minimum Gasteiger partial charge on any atom is -0.484 e. The minimum absolute atomic E-state index is 0. The molecule has 0 aliphatic carbocycles. The van der Waals surface area contributed by atoms with Crippen molar-refractivity contribution in [3.8, 4) is 5.75 Å². The van der Waals surface area contributed by atoms with E-state index in [0.29, 0.717) is 12.3 Å². The Labute approximate surface area is 189 Å². The van der Waals surface area contributed by atoms with Gasteiger partial charge in [-0.1, -0.05) is 49.4 Å². The van der Waals surface area contributed by atoms with Gasteiger partial charge in [0.05, 0.1) is 10.2 Å². The number of anilines is 1. The maximum absolute atomic E-state index is 13.1. The van der Waals surface area contributed by atoms with Gasteiger partial charge in [0.25, 0.3) is 5.91 Å². The van der Waals surface area contributed by atoms with Crippen LogP contribution in [0, 0.1) is 13.8 Å². The average Bonchev–Trinajstić information content (AvgIpc) is 3.18. The second-order valence-electron chi connectivity index (χ2n) is 7.02. The quantitative estimate of drug-likeness (QED) is 0.458. The van der Waals surface area contributed by atoms with Crippen LogP contribution in [0.25, 0.3) is 10.2 Å². The summed E-state index contributed by atoms with van der Waals surface area (Å²) in [6, 6.07) is 13.6. The molecule has 0 unspecified atom stereocenters. The third-order valence-corrected chi connectivity index (χ3v) is 6.29. The second-order valence-corrected chi connectivity index (χ2v) is 8.03. The number of para-hydroxylation sites is 1. The van der Waals surface area contributed by atoms with E-state index in [4.69, 9.17) is 9.72 Å². The summed E-state index contributed by atoms with van der Waals surface area (Å²) in [5.41, 5.74) is 3.36. The molecule has 0 fully saturated rings. The summed E-state index contributed by atoms with van der Waals surface area (Å²) in [6.45, 7) is 11.8. The van der Waals surface area contributed by atoms with E-state index >= 15 is 0 Å². The molecule has 1 heterocycles. The minimum atomic E-state index is -0.0746. The molecule has 3 rings (SSSR count). The Morgan fingerprint density at radius 3 is 2.40 bits per heavy atom. The number of carbonyl (C=O) groups excluding carboxylic acids is 1. The molecule has 2 aromatic carbocycles. The smallest absolute Gasteiger partial charge is 0.266 e. The van der Waals surface area contributed by atoms with Gasteiger partial charge in [0.15, 0.2) is 11.7 Å². The fourth-order valence-electron chi connectivity index (χ4n) is 3.18. The van der Waals surface area contributed by atoms with Gasteiger partial charge in [0.2, 0.25) is 0 Å². The van der Waals surface area contributed by atoms with Crippen LogP contribution < -0.4 is 9.64 Å². The van der Waals surface area contributed by atoms with Crippen molar-refractivity contribution in [2.24, 2.45) is 0 Å². The second kappa shape index (κ2) is 11.3. The van der Waals surface area contributed by atoms with Crippen LogP contribution in [0.3, 0.4) is 0 Å². The summed E-state index contributed by atoms with van der Waals surface area (Å²) in [7, 11) is 0. The summed E-state index contributed by atoms with van der Waals surface area (Å²) in [6.07, 6.45) is 0. The van der Waals surface area contributed by atoms with Crippen molar-refractivity contribution in [1.29, 1.82) is 0 Å². The van der Waals surface area contributed by atoms with Crippen LogP contribution in [0.4, 0.5) is 5.13 Å². The van der Waals surface area contributed by atoms with E-state index in [1.165, 1.54) is 11.1 Å². The molecule has 3 aromatic rings. The number of halogens is 1. The van der Waals surface area contributed by atoms with Crippen molar-refractivity contribution in [1.82, 2.24) is 9.88 Å². The molecule has 0 radical (unpaired) electrons. The highest BCUT2D eigenvalue weighted by Crippen LogP contribution is 2.32. The first-order valence-corrected chi connectivity index (χ1v) is 10.9. The standard InChI is InChI=1S/C23H29N3O2S.ClH/c1-5-25(6-2)14-15-26(21(27)16-28-19-10-8-7-9-11-19)23-24-22-18(4)17(3)12-13-20(22)29-23;/h7-13H,5-6,14-16H2,1-4H3;1H. The lowest BCUT2D eigenvalue weighted by molar-refractivity contribution is -0.120. The third-order valence-electron chi connectivity index (χ3n) is 5.25.